The maximum Gasteiger partial charge on any atom is 0.191 e. The van der Waals surface area contributed by atoms with Crippen LogP contribution < -0.4 is 15.5 Å². The van der Waals surface area contributed by atoms with Crippen LogP contribution in [0.3, 0.4) is 0 Å². The van der Waals surface area contributed by atoms with Gasteiger partial charge in [-0.1, -0.05) is 6.07 Å². The Morgan fingerprint density at radius 1 is 1.23 bits per heavy atom. The Morgan fingerprint density at radius 2 is 1.97 bits per heavy atom. The highest BCUT2D eigenvalue weighted by molar-refractivity contribution is 14.0. The van der Waals surface area contributed by atoms with Gasteiger partial charge < -0.3 is 25.0 Å². The van der Waals surface area contributed by atoms with Crippen molar-refractivity contribution >= 4 is 35.6 Å². The van der Waals surface area contributed by atoms with E-state index in [-0.39, 0.29) is 35.7 Å². The third-order valence-electron chi connectivity index (χ3n) is 5.46. The number of anilines is 1. The van der Waals surface area contributed by atoms with Crippen LogP contribution in [0.15, 0.2) is 23.2 Å². The van der Waals surface area contributed by atoms with Crippen LogP contribution in [0.25, 0.3) is 0 Å². The quantitative estimate of drug-likeness (QED) is 0.231. The van der Waals surface area contributed by atoms with E-state index in [1.807, 2.05) is 0 Å². The van der Waals surface area contributed by atoms with Crippen LogP contribution in [0, 0.1) is 17.6 Å². The van der Waals surface area contributed by atoms with Crippen molar-refractivity contribution in [3.05, 3.63) is 29.8 Å². The molecular weight excluding hydrogens is 505 g/mol. The molecule has 0 spiro atoms. The van der Waals surface area contributed by atoms with Gasteiger partial charge in [0.1, 0.15) is 17.3 Å². The number of para-hydroxylation sites is 1. The zero-order valence-electron chi connectivity index (χ0n) is 17.5. The first-order chi connectivity index (χ1) is 14.2. The monoisotopic (exact) mass is 538 g/mol. The number of ether oxygens (including phenoxy) is 2. The van der Waals surface area contributed by atoms with Gasteiger partial charge in [-0.2, -0.15) is 0 Å². The molecule has 3 rings (SSSR count). The first-order valence-corrected chi connectivity index (χ1v) is 10.5. The zero-order valence-corrected chi connectivity index (χ0v) is 19.9. The van der Waals surface area contributed by atoms with E-state index in [0.717, 1.165) is 52.0 Å². The van der Waals surface area contributed by atoms with E-state index in [9.17, 15) is 8.78 Å². The second-order valence-corrected chi connectivity index (χ2v) is 7.63. The summed E-state index contributed by atoms with van der Waals surface area (Å²) in [6.45, 7) is 5.11. The van der Waals surface area contributed by atoms with Crippen LogP contribution in [-0.4, -0.2) is 65.1 Å². The molecule has 170 valence electrons. The summed E-state index contributed by atoms with van der Waals surface area (Å²) < 4.78 is 39.1. The van der Waals surface area contributed by atoms with E-state index < -0.39 is 11.6 Å². The Kier molecular flexibility index (Phi) is 11.1. The summed E-state index contributed by atoms with van der Waals surface area (Å²) in [5.41, 5.74) is 0.0569. The minimum Gasteiger partial charge on any atom is -0.381 e. The van der Waals surface area contributed by atoms with E-state index in [1.165, 1.54) is 18.2 Å². The normalized spacial score (nSPS) is 20.2. The fraction of sp³-hybridized carbons (Fsp3) is 0.667. The highest BCUT2D eigenvalue weighted by Gasteiger charge is 2.27. The number of rotatable bonds is 8. The van der Waals surface area contributed by atoms with Crippen molar-refractivity contribution in [3.63, 3.8) is 0 Å². The molecular formula is C21H33F2IN4O2. The van der Waals surface area contributed by atoms with Gasteiger partial charge in [0.05, 0.1) is 0 Å². The van der Waals surface area contributed by atoms with Crippen LogP contribution >= 0.6 is 24.0 Å². The van der Waals surface area contributed by atoms with Crippen LogP contribution in [0.1, 0.15) is 25.7 Å². The topological polar surface area (TPSA) is 58.1 Å². The van der Waals surface area contributed by atoms with Crippen molar-refractivity contribution in [2.75, 3.05) is 58.0 Å². The van der Waals surface area contributed by atoms with Crippen LogP contribution in [0.5, 0.6) is 0 Å². The van der Waals surface area contributed by atoms with Crippen LogP contribution in [-0.2, 0) is 9.47 Å². The maximum absolute atomic E-state index is 14.0. The molecule has 9 heteroatoms. The Bertz CT molecular complexity index is 654. The van der Waals surface area contributed by atoms with E-state index in [4.69, 9.17) is 9.47 Å². The summed E-state index contributed by atoms with van der Waals surface area (Å²) in [6.07, 6.45) is 3.86. The summed E-state index contributed by atoms with van der Waals surface area (Å²) in [6, 6.07) is 4.07. The van der Waals surface area contributed by atoms with Gasteiger partial charge in [0.25, 0.3) is 0 Å². The lowest BCUT2D eigenvalue weighted by Gasteiger charge is -2.22. The van der Waals surface area contributed by atoms with Gasteiger partial charge in [-0.25, -0.2) is 8.78 Å². The molecule has 2 N–H and O–H groups in total. The van der Waals surface area contributed by atoms with Gasteiger partial charge in [0.2, 0.25) is 0 Å². The van der Waals surface area contributed by atoms with Crippen LogP contribution in [0.4, 0.5) is 14.5 Å². The van der Waals surface area contributed by atoms with E-state index >= 15 is 0 Å². The van der Waals surface area contributed by atoms with Gasteiger partial charge >= 0.3 is 0 Å². The molecule has 0 aromatic heterocycles. The lowest BCUT2D eigenvalue weighted by atomic mass is 10.0. The first-order valence-electron chi connectivity index (χ1n) is 10.5. The third-order valence-corrected chi connectivity index (χ3v) is 5.46. The van der Waals surface area contributed by atoms with Gasteiger partial charge in [-0.05, 0) is 43.7 Å². The molecule has 1 aromatic rings. The van der Waals surface area contributed by atoms with Crippen molar-refractivity contribution in [2.24, 2.45) is 10.9 Å². The highest BCUT2D eigenvalue weighted by Crippen LogP contribution is 2.26. The molecule has 0 bridgehead atoms. The molecule has 2 aliphatic rings. The molecule has 0 amide bonds. The predicted octanol–water partition coefficient (Wildman–Crippen LogP) is 3.16. The standard InChI is InChI=1S/C21H32F2N4O2.HI/c1-24-21(25-9-3-11-29-15-16-7-12-28-13-8-16)26-17-6-10-27(14-17)20-18(22)4-2-5-19(20)23;/h2,4-5,16-17H,3,6-15H2,1H3,(H2,24,25,26);1H. The van der Waals surface area contributed by atoms with Gasteiger partial charge in [0, 0.05) is 59.2 Å². The van der Waals surface area contributed by atoms with E-state index in [1.54, 1.807) is 11.9 Å². The fourth-order valence-electron chi connectivity index (χ4n) is 3.80. The first kappa shape index (κ1) is 25.1. The summed E-state index contributed by atoms with van der Waals surface area (Å²) in [5.74, 6) is 0.286. The number of hydrogen-bond acceptors (Lipinski definition) is 4. The number of hydrogen-bond donors (Lipinski definition) is 2. The zero-order chi connectivity index (χ0) is 20.5. The maximum atomic E-state index is 14.0. The summed E-state index contributed by atoms with van der Waals surface area (Å²) >= 11 is 0. The van der Waals surface area contributed by atoms with Gasteiger partial charge in [-0.3, -0.25) is 4.99 Å². The summed E-state index contributed by atoms with van der Waals surface area (Å²) in [7, 11) is 1.72. The molecule has 0 aliphatic carbocycles. The molecule has 0 radical (unpaired) electrons. The number of halogens is 3. The molecule has 1 aromatic carbocycles. The van der Waals surface area contributed by atoms with E-state index in [0.29, 0.717) is 31.6 Å². The predicted molar refractivity (Wildman–Crippen MR) is 126 cm³/mol. The molecule has 2 fully saturated rings. The van der Waals surface area contributed by atoms with Crippen molar-refractivity contribution in [3.8, 4) is 0 Å². The molecule has 0 saturated carbocycles. The van der Waals surface area contributed by atoms with Crippen molar-refractivity contribution in [2.45, 2.75) is 31.7 Å². The second-order valence-electron chi connectivity index (χ2n) is 7.63. The molecule has 2 aliphatic heterocycles. The molecule has 1 unspecified atom stereocenters. The Hall–Kier alpha value is -1.20. The van der Waals surface area contributed by atoms with Gasteiger partial charge in [0.15, 0.2) is 5.96 Å². The summed E-state index contributed by atoms with van der Waals surface area (Å²) in [5, 5.41) is 6.63. The lowest BCUT2D eigenvalue weighted by molar-refractivity contribution is 0.0203. The molecule has 2 heterocycles. The second kappa shape index (κ2) is 13.3. The molecule has 30 heavy (non-hydrogen) atoms. The average molecular weight is 538 g/mol. The van der Waals surface area contributed by atoms with Crippen molar-refractivity contribution in [1.82, 2.24) is 10.6 Å². The minimum atomic E-state index is -0.520. The van der Waals surface area contributed by atoms with E-state index in [2.05, 4.69) is 15.6 Å². The van der Waals surface area contributed by atoms with Crippen LogP contribution in [0.2, 0.25) is 0 Å². The number of nitrogens with zero attached hydrogens (tertiary/aromatic N) is 2. The van der Waals surface area contributed by atoms with Crippen molar-refractivity contribution in [1.29, 1.82) is 0 Å². The Morgan fingerprint density at radius 3 is 2.67 bits per heavy atom. The largest absolute Gasteiger partial charge is 0.381 e. The Labute approximate surface area is 194 Å². The fourth-order valence-corrected chi connectivity index (χ4v) is 3.80. The summed E-state index contributed by atoms with van der Waals surface area (Å²) in [4.78, 5) is 6.00. The third kappa shape index (κ3) is 7.49. The lowest BCUT2D eigenvalue weighted by Crippen LogP contribution is -2.45. The number of aliphatic imine (C=N–C) groups is 1. The minimum absolute atomic E-state index is 0. The van der Waals surface area contributed by atoms with Crippen molar-refractivity contribution < 1.29 is 18.3 Å². The number of benzene rings is 1. The number of guanidine groups is 1. The molecule has 6 nitrogen and oxygen atoms in total. The highest BCUT2D eigenvalue weighted by atomic mass is 127. The smallest absolute Gasteiger partial charge is 0.191 e. The molecule has 1 atom stereocenters. The molecule has 2 saturated heterocycles. The SMILES string of the molecule is CN=C(NCCCOCC1CCOCC1)NC1CCN(c2c(F)cccc2F)C1.I. The Balaban J connectivity index is 0.00000320. The van der Waals surface area contributed by atoms with Gasteiger partial charge in [-0.15, -0.1) is 24.0 Å². The average Bonchev–Trinajstić information content (AvgIpc) is 3.18. The number of nitrogens with one attached hydrogen (secondary N) is 2.